The van der Waals surface area contributed by atoms with E-state index in [2.05, 4.69) is 10.2 Å². The number of piperidine rings is 1. The average Bonchev–Trinajstić information content (AvgIpc) is 2.48. The molecule has 0 aromatic heterocycles. The van der Waals surface area contributed by atoms with E-state index in [0.717, 1.165) is 19.6 Å². The first-order chi connectivity index (χ1) is 6.15. The molecule has 0 radical (unpaired) electrons. The number of nitrogens with one attached hydrogen (secondary N) is 1. The molecule has 0 amide bonds. The molecule has 2 aliphatic rings. The summed E-state index contributed by atoms with van der Waals surface area (Å²) in [5.74, 6) is 0. The van der Waals surface area contributed by atoms with E-state index in [4.69, 9.17) is 0 Å². The zero-order valence-corrected chi connectivity index (χ0v) is 7.89. The largest absolute Gasteiger partial charge is 0.312 e. The van der Waals surface area contributed by atoms with Crippen LogP contribution in [-0.2, 0) is 0 Å². The number of fused-ring (bicyclic) bond motifs is 1. The van der Waals surface area contributed by atoms with Crippen LogP contribution in [0.1, 0.15) is 12.8 Å². The molecule has 2 aliphatic heterocycles. The molecule has 0 saturated carbocycles. The van der Waals surface area contributed by atoms with Crippen molar-refractivity contribution in [1.82, 2.24) is 10.2 Å². The topological polar surface area (TPSA) is 15.3 Å². The lowest BCUT2D eigenvalue weighted by molar-refractivity contribution is -0.0480. The van der Waals surface area contributed by atoms with Crippen LogP contribution < -0.4 is 5.32 Å². The average molecular weight is 190 g/mol. The van der Waals surface area contributed by atoms with Gasteiger partial charge in [-0.15, -0.1) is 0 Å². The fourth-order valence-electron chi connectivity index (χ4n) is 2.57. The van der Waals surface area contributed by atoms with E-state index in [0.29, 0.717) is 12.8 Å². The summed E-state index contributed by atoms with van der Waals surface area (Å²) in [6.07, 6.45) is -0.886. The summed E-state index contributed by atoms with van der Waals surface area (Å²) in [5, 5.41) is 3.19. The van der Waals surface area contributed by atoms with Crippen LogP contribution in [0.25, 0.3) is 0 Å². The number of alkyl halides is 2. The SMILES string of the molecule is CN1CCC2(C(F)F)CCNC2C1. The predicted octanol–water partition coefficient (Wildman–Crippen LogP) is 0.935. The highest BCUT2D eigenvalue weighted by Gasteiger charge is 2.51. The first kappa shape index (κ1) is 9.34. The second kappa shape index (κ2) is 3.17. The van der Waals surface area contributed by atoms with E-state index in [1.807, 2.05) is 7.05 Å². The zero-order valence-electron chi connectivity index (χ0n) is 7.89. The molecule has 2 atom stereocenters. The van der Waals surface area contributed by atoms with Gasteiger partial charge in [0.2, 0.25) is 6.43 Å². The minimum Gasteiger partial charge on any atom is -0.312 e. The van der Waals surface area contributed by atoms with Crippen molar-refractivity contribution in [3.05, 3.63) is 0 Å². The maximum atomic E-state index is 12.9. The van der Waals surface area contributed by atoms with Crippen molar-refractivity contribution in [2.45, 2.75) is 25.3 Å². The molecule has 0 aromatic carbocycles. The Labute approximate surface area is 77.3 Å². The quantitative estimate of drug-likeness (QED) is 0.662. The maximum Gasteiger partial charge on any atom is 0.245 e. The van der Waals surface area contributed by atoms with Crippen molar-refractivity contribution in [1.29, 1.82) is 0 Å². The first-order valence-corrected chi connectivity index (χ1v) is 4.85. The maximum absolute atomic E-state index is 12.9. The number of halogens is 2. The molecule has 2 saturated heterocycles. The highest BCUT2D eigenvalue weighted by Crippen LogP contribution is 2.43. The van der Waals surface area contributed by atoms with Gasteiger partial charge in [-0.1, -0.05) is 0 Å². The Balaban J connectivity index is 2.16. The van der Waals surface area contributed by atoms with Crippen molar-refractivity contribution in [3.8, 4) is 0 Å². The van der Waals surface area contributed by atoms with Gasteiger partial charge in [0, 0.05) is 12.6 Å². The van der Waals surface area contributed by atoms with Gasteiger partial charge in [-0.05, 0) is 33.0 Å². The van der Waals surface area contributed by atoms with Crippen LogP contribution in [0.4, 0.5) is 8.78 Å². The Kier molecular flexibility index (Phi) is 2.28. The van der Waals surface area contributed by atoms with Gasteiger partial charge in [0.1, 0.15) is 0 Å². The molecular weight excluding hydrogens is 174 g/mol. The van der Waals surface area contributed by atoms with Gasteiger partial charge in [-0.3, -0.25) is 0 Å². The summed E-state index contributed by atoms with van der Waals surface area (Å²) < 4.78 is 25.9. The predicted molar refractivity (Wildman–Crippen MR) is 47.0 cm³/mol. The van der Waals surface area contributed by atoms with Crippen LogP contribution in [0.5, 0.6) is 0 Å². The zero-order chi connectivity index (χ0) is 9.47. The van der Waals surface area contributed by atoms with Crippen LogP contribution in [0.15, 0.2) is 0 Å². The van der Waals surface area contributed by atoms with Gasteiger partial charge in [-0.2, -0.15) is 0 Å². The van der Waals surface area contributed by atoms with Crippen LogP contribution in [0.3, 0.4) is 0 Å². The van der Waals surface area contributed by atoms with E-state index in [-0.39, 0.29) is 6.04 Å². The first-order valence-electron chi connectivity index (χ1n) is 4.85. The minimum atomic E-state index is -2.17. The lowest BCUT2D eigenvalue weighted by Crippen LogP contribution is -2.54. The van der Waals surface area contributed by atoms with E-state index < -0.39 is 11.8 Å². The fraction of sp³-hybridized carbons (Fsp3) is 1.00. The minimum absolute atomic E-state index is 0.00579. The molecule has 2 unspecified atom stereocenters. The Morgan fingerprint density at radius 3 is 2.92 bits per heavy atom. The van der Waals surface area contributed by atoms with Gasteiger partial charge in [0.25, 0.3) is 0 Å². The molecule has 13 heavy (non-hydrogen) atoms. The smallest absolute Gasteiger partial charge is 0.245 e. The fourth-order valence-corrected chi connectivity index (χ4v) is 2.57. The highest BCUT2D eigenvalue weighted by atomic mass is 19.3. The standard InChI is InChI=1S/C9H16F2N2/c1-13-5-3-9(8(10)11)2-4-12-7(9)6-13/h7-8,12H,2-6H2,1H3. The highest BCUT2D eigenvalue weighted by molar-refractivity contribution is 5.02. The number of hydrogen-bond donors (Lipinski definition) is 1. The lowest BCUT2D eigenvalue weighted by atomic mass is 9.75. The second-order valence-electron chi connectivity index (χ2n) is 4.30. The molecule has 2 heterocycles. The number of nitrogens with zero attached hydrogens (tertiary/aromatic N) is 1. The Morgan fingerprint density at radius 2 is 2.23 bits per heavy atom. The molecule has 0 aliphatic carbocycles. The van der Waals surface area contributed by atoms with Crippen LogP contribution >= 0.6 is 0 Å². The summed E-state index contributed by atoms with van der Waals surface area (Å²) in [6, 6.07) is 0.00579. The molecule has 0 spiro atoms. The molecule has 76 valence electrons. The van der Waals surface area contributed by atoms with Crippen LogP contribution in [-0.4, -0.2) is 44.0 Å². The Hall–Kier alpha value is -0.220. The monoisotopic (exact) mass is 190 g/mol. The third kappa shape index (κ3) is 1.36. The summed E-state index contributed by atoms with van der Waals surface area (Å²) >= 11 is 0. The van der Waals surface area contributed by atoms with E-state index >= 15 is 0 Å². The van der Waals surface area contributed by atoms with Crippen molar-refractivity contribution >= 4 is 0 Å². The third-order valence-electron chi connectivity index (χ3n) is 3.56. The molecule has 4 heteroatoms. The summed E-state index contributed by atoms with van der Waals surface area (Å²) in [4.78, 5) is 2.13. The van der Waals surface area contributed by atoms with Crippen molar-refractivity contribution < 1.29 is 8.78 Å². The van der Waals surface area contributed by atoms with Gasteiger partial charge in [0.05, 0.1) is 5.41 Å². The molecule has 2 rings (SSSR count). The summed E-state index contributed by atoms with van der Waals surface area (Å²) in [5.41, 5.74) is -0.716. The van der Waals surface area contributed by atoms with Crippen LogP contribution in [0.2, 0.25) is 0 Å². The summed E-state index contributed by atoms with van der Waals surface area (Å²) in [6.45, 7) is 2.33. The number of hydrogen-bond acceptors (Lipinski definition) is 2. The Morgan fingerprint density at radius 1 is 1.46 bits per heavy atom. The van der Waals surface area contributed by atoms with Crippen molar-refractivity contribution in [3.63, 3.8) is 0 Å². The molecular formula is C9H16F2N2. The molecule has 0 aromatic rings. The van der Waals surface area contributed by atoms with Gasteiger partial charge < -0.3 is 10.2 Å². The normalized spacial score (nSPS) is 41.1. The van der Waals surface area contributed by atoms with Gasteiger partial charge in [-0.25, -0.2) is 8.78 Å². The summed E-state index contributed by atoms with van der Waals surface area (Å²) in [7, 11) is 2.00. The number of rotatable bonds is 1. The second-order valence-corrected chi connectivity index (χ2v) is 4.30. The molecule has 1 N–H and O–H groups in total. The van der Waals surface area contributed by atoms with E-state index in [1.54, 1.807) is 0 Å². The van der Waals surface area contributed by atoms with E-state index in [9.17, 15) is 8.78 Å². The number of likely N-dealkylation sites (tertiary alicyclic amines) is 1. The van der Waals surface area contributed by atoms with Crippen molar-refractivity contribution in [2.75, 3.05) is 26.7 Å². The van der Waals surface area contributed by atoms with Gasteiger partial charge >= 0.3 is 0 Å². The van der Waals surface area contributed by atoms with E-state index in [1.165, 1.54) is 0 Å². The number of likely N-dealkylation sites (N-methyl/N-ethyl adjacent to an activating group) is 1. The molecule has 0 bridgehead atoms. The lowest BCUT2D eigenvalue weighted by Gasteiger charge is -2.42. The van der Waals surface area contributed by atoms with Crippen molar-refractivity contribution in [2.24, 2.45) is 5.41 Å². The van der Waals surface area contributed by atoms with Crippen LogP contribution in [0, 0.1) is 5.41 Å². The van der Waals surface area contributed by atoms with Gasteiger partial charge in [0.15, 0.2) is 0 Å². The third-order valence-corrected chi connectivity index (χ3v) is 3.56. The molecule has 2 nitrogen and oxygen atoms in total. The molecule has 2 fully saturated rings. The Bertz CT molecular complexity index is 198.